The van der Waals surface area contributed by atoms with Gasteiger partial charge in [0.2, 0.25) is 5.91 Å². The summed E-state index contributed by atoms with van der Waals surface area (Å²) in [5.41, 5.74) is 0.734. The fourth-order valence-electron chi connectivity index (χ4n) is 3.56. The number of carbonyl (C=O) groups excluding carboxylic acids is 3. The molecule has 1 atom stereocenters. The Morgan fingerprint density at radius 2 is 1.44 bits per heavy atom. The van der Waals surface area contributed by atoms with E-state index in [4.69, 9.17) is 34.8 Å². The standard InChI is InChI=1S/C23H24Cl3N3O3/c1-14(2)20(27-21(30)18-5-3-4-6-19(18)26)23(32)29-9-7-28(8-10-29)22(31)15-11-16(24)13-17(25)12-15/h3-6,11-14,20H,7-10H2,1-2H3,(H,27,30). The highest BCUT2D eigenvalue weighted by atomic mass is 35.5. The first-order chi connectivity index (χ1) is 15.2. The average Bonchev–Trinajstić information content (AvgIpc) is 2.76. The van der Waals surface area contributed by atoms with Crippen molar-refractivity contribution in [3.8, 4) is 0 Å². The van der Waals surface area contributed by atoms with E-state index in [9.17, 15) is 14.4 Å². The first-order valence-corrected chi connectivity index (χ1v) is 11.4. The highest BCUT2D eigenvalue weighted by Gasteiger charge is 2.32. The van der Waals surface area contributed by atoms with Crippen LogP contribution in [0.5, 0.6) is 0 Å². The van der Waals surface area contributed by atoms with Crippen LogP contribution >= 0.6 is 34.8 Å². The third kappa shape index (κ3) is 5.74. The maximum atomic E-state index is 13.2. The van der Waals surface area contributed by atoms with Crippen molar-refractivity contribution in [3.63, 3.8) is 0 Å². The Morgan fingerprint density at radius 3 is 2.00 bits per heavy atom. The van der Waals surface area contributed by atoms with Gasteiger partial charge in [0.25, 0.3) is 11.8 Å². The molecule has 1 aliphatic heterocycles. The Labute approximate surface area is 202 Å². The molecule has 0 saturated carbocycles. The van der Waals surface area contributed by atoms with Gasteiger partial charge in [-0.2, -0.15) is 0 Å². The van der Waals surface area contributed by atoms with Gasteiger partial charge in [-0.25, -0.2) is 0 Å². The van der Waals surface area contributed by atoms with Gasteiger partial charge in [0.15, 0.2) is 0 Å². The molecule has 0 aliphatic carbocycles. The molecule has 1 fully saturated rings. The summed E-state index contributed by atoms with van der Waals surface area (Å²) in [5.74, 6) is -0.885. The van der Waals surface area contributed by atoms with Crippen molar-refractivity contribution in [2.75, 3.05) is 26.2 Å². The highest BCUT2D eigenvalue weighted by molar-refractivity contribution is 6.35. The first-order valence-electron chi connectivity index (χ1n) is 10.3. The summed E-state index contributed by atoms with van der Waals surface area (Å²) in [7, 11) is 0. The van der Waals surface area contributed by atoms with Crippen molar-refractivity contribution in [2.45, 2.75) is 19.9 Å². The second-order valence-corrected chi connectivity index (χ2v) is 9.23. The van der Waals surface area contributed by atoms with Gasteiger partial charge in [0.05, 0.1) is 10.6 Å². The summed E-state index contributed by atoms with van der Waals surface area (Å²) in [6, 6.07) is 10.7. The molecule has 1 aliphatic rings. The summed E-state index contributed by atoms with van der Waals surface area (Å²) in [4.78, 5) is 42.0. The van der Waals surface area contributed by atoms with Crippen molar-refractivity contribution in [1.29, 1.82) is 0 Å². The molecule has 170 valence electrons. The molecular weight excluding hydrogens is 473 g/mol. The monoisotopic (exact) mass is 495 g/mol. The fourth-order valence-corrected chi connectivity index (χ4v) is 4.31. The largest absolute Gasteiger partial charge is 0.340 e. The molecule has 0 radical (unpaired) electrons. The minimum absolute atomic E-state index is 0.123. The topological polar surface area (TPSA) is 69.7 Å². The van der Waals surface area contributed by atoms with E-state index >= 15 is 0 Å². The van der Waals surface area contributed by atoms with Crippen molar-refractivity contribution in [1.82, 2.24) is 15.1 Å². The second kappa shape index (κ2) is 10.6. The van der Waals surface area contributed by atoms with Crippen LogP contribution in [0.4, 0.5) is 0 Å². The van der Waals surface area contributed by atoms with E-state index in [-0.39, 0.29) is 17.7 Å². The number of nitrogens with zero attached hydrogens (tertiary/aromatic N) is 2. The lowest BCUT2D eigenvalue weighted by atomic mass is 10.0. The molecule has 1 heterocycles. The summed E-state index contributed by atoms with van der Waals surface area (Å²) < 4.78 is 0. The van der Waals surface area contributed by atoms with Gasteiger partial charge >= 0.3 is 0 Å². The number of hydrogen-bond acceptors (Lipinski definition) is 3. The van der Waals surface area contributed by atoms with Crippen LogP contribution < -0.4 is 5.32 Å². The Hall–Kier alpha value is -2.28. The molecule has 0 aromatic heterocycles. The fraction of sp³-hybridized carbons (Fsp3) is 0.348. The molecule has 1 N–H and O–H groups in total. The first kappa shape index (κ1) is 24.4. The second-order valence-electron chi connectivity index (χ2n) is 7.95. The third-order valence-electron chi connectivity index (χ3n) is 5.33. The number of rotatable bonds is 5. The van der Waals surface area contributed by atoms with Crippen molar-refractivity contribution >= 4 is 52.5 Å². The predicted molar refractivity (Wildman–Crippen MR) is 126 cm³/mol. The summed E-state index contributed by atoms with van der Waals surface area (Å²) >= 11 is 18.1. The van der Waals surface area contributed by atoms with E-state index in [1.165, 1.54) is 0 Å². The minimum Gasteiger partial charge on any atom is -0.340 e. The van der Waals surface area contributed by atoms with Gasteiger partial charge in [-0.1, -0.05) is 60.8 Å². The van der Waals surface area contributed by atoms with Gasteiger partial charge in [0.1, 0.15) is 6.04 Å². The van der Waals surface area contributed by atoms with E-state index in [0.717, 1.165) is 0 Å². The van der Waals surface area contributed by atoms with Crippen LogP contribution in [0.15, 0.2) is 42.5 Å². The van der Waals surface area contributed by atoms with Crippen LogP contribution in [0, 0.1) is 5.92 Å². The van der Waals surface area contributed by atoms with Crippen LogP contribution in [-0.4, -0.2) is 59.7 Å². The Kier molecular flexibility index (Phi) is 8.04. The smallest absolute Gasteiger partial charge is 0.254 e. The zero-order chi connectivity index (χ0) is 23.4. The van der Waals surface area contributed by atoms with Crippen LogP contribution in [-0.2, 0) is 4.79 Å². The quantitative estimate of drug-likeness (QED) is 0.668. The maximum absolute atomic E-state index is 13.2. The highest BCUT2D eigenvalue weighted by Crippen LogP contribution is 2.21. The molecule has 0 spiro atoms. The lowest BCUT2D eigenvalue weighted by molar-refractivity contribution is -0.135. The van der Waals surface area contributed by atoms with E-state index in [2.05, 4.69) is 5.32 Å². The van der Waals surface area contributed by atoms with Crippen molar-refractivity contribution in [2.24, 2.45) is 5.92 Å². The summed E-state index contributed by atoms with van der Waals surface area (Å²) in [6.45, 7) is 5.22. The molecule has 0 bridgehead atoms. The molecule has 9 heteroatoms. The van der Waals surface area contributed by atoms with Crippen LogP contribution in [0.1, 0.15) is 34.6 Å². The van der Waals surface area contributed by atoms with Crippen molar-refractivity contribution < 1.29 is 14.4 Å². The van der Waals surface area contributed by atoms with Gasteiger partial charge < -0.3 is 15.1 Å². The Bertz CT molecular complexity index is 1000. The molecule has 32 heavy (non-hydrogen) atoms. The number of benzene rings is 2. The normalized spacial score (nSPS) is 14.9. The molecule has 6 nitrogen and oxygen atoms in total. The van der Waals surface area contributed by atoms with Gasteiger partial charge in [0, 0.05) is 41.8 Å². The number of nitrogens with one attached hydrogen (secondary N) is 1. The van der Waals surface area contributed by atoms with E-state index in [1.54, 1.807) is 52.3 Å². The van der Waals surface area contributed by atoms with Gasteiger partial charge in [-0.05, 0) is 36.2 Å². The zero-order valence-corrected chi connectivity index (χ0v) is 20.0. The maximum Gasteiger partial charge on any atom is 0.254 e. The number of halogens is 3. The Morgan fingerprint density at radius 1 is 0.875 bits per heavy atom. The molecule has 2 aromatic carbocycles. The van der Waals surface area contributed by atoms with Crippen LogP contribution in [0.25, 0.3) is 0 Å². The molecule has 3 amide bonds. The zero-order valence-electron chi connectivity index (χ0n) is 17.8. The van der Waals surface area contributed by atoms with E-state index < -0.39 is 11.9 Å². The molecule has 3 rings (SSSR count). The van der Waals surface area contributed by atoms with E-state index in [0.29, 0.717) is 52.4 Å². The SMILES string of the molecule is CC(C)C(NC(=O)c1ccccc1Cl)C(=O)N1CCN(C(=O)c2cc(Cl)cc(Cl)c2)CC1. The van der Waals surface area contributed by atoms with Gasteiger partial charge in [-0.3, -0.25) is 14.4 Å². The van der Waals surface area contributed by atoms with E-state index in [1.807, 2.05) is 13.8 Å². The molecule has 1 unspecified atom stereocenters. The summed E-state index contributed by atoms with van der Waals surface area (Å²) in [5, 5.41) is 3.93. The number of hydrogen-bond donors (Lipinski definition) is 1. The minimum atomic E-state index is -0.701. The van der Waals surface area contributed by atoms with Crippen molar-refractivity contribution in [3.05, 3.63) is 68.7 Å². The van der Waals surface area contributed by atoms with Crippen LogP contribution in [0.2, 0.25) is 15.1 Å². The summed E-state index contributed by atoms with van der Waals surface area (Å²) in [6.07, 6.45) is 0. The van der Waals surface area contributed by atoms with Crippen LogP contribution in [0.3, 0.4) is 0 Å². The predicted octanol–water partition coefficient (Wildman–Crippen LogP) is 4.39. The number of amides is 3. The average molecular weight is 497 g/mol. The third-order valence-corrected chi connectivity index (χ3v) is 6.09. The Balaban J connectivity index is 1.64. The lowest BCUT2D eigenvalue weighted by Crippen LogP contribution is -2.57. The molecular formula is C23H24Cl3N3O3. The molecule has 1 saturated heterocycles. The molecule has 2 aromatic rings. The number of piperazine rings is 1. The lowest BCUT2D eigenvalue weighted by Gasteiger charge is -2.37. The van der Waals surface area contributed by atoms with Gasteiger partial charge in [-0.15, -0.1) is 0 Å². The number of carbonyl (C=O) groups is 3.